The van der Waals surface area contributed by atoms with Crippen LogP contribution in [0.3, 0.4) is 0 Å². The van der Waals surface area contributed by atoms with Gasteiger partial charge in [-0.25, -0.2) is 9.67 Å². The molecule has 0 amide bonds. The average Bonchev–Trinajstić information content (AvgIpc) is 2.82. The summed E-state index contributed by atoms with van der Waals surface area (Å²) in [5, 5.41) is 18.0. The van der Waals surface area contributed by atoms with Gasteiger partial charge in [-0.05, 0) is 23.3 Å². The van der Waals surface area contributed by atoms with Gasteiger partial charge in [-0.2, -0.15) is 5.10 Å². The third kappa shape index (κ3) is 1.85. The Labute approximate surface area is 85.9 Å². The molecule has 0 unspecified atom stereocenters. The lowest BCUT2D eigenvalue weighted by molar-refractivity contribution is 0.578. The van der Waals surface area contributed by atoms with Crippen LogP contribution in [0.2, 0.25) is 0 Å². The first-order chi connectivity index (χ1) is 7.42. The van der Waals surface area contributed by atoms with E-state index in [-0.39, 0.29) is 0 Å². The highest BCUT2D eigenvalue weighted by Gasteiger charge is 2.27. The van der Waals surface area contributed by atoms with E-state index in [0.717, 1.165) is 24.6 Å². The Morgan fingerprint density at radius 3 is 3.13 bits per heavy atom. The van der Waals surface area contributed by atoms with E-state index < -0.39 is 0 Å². The van der Waals surface area contributed by atoms with E-state index in [2.05, 4.69) is 30.7 Å². The van der Waals surface area contributed by atoms with Crippen LogP contribution in [0.1, 0.15) is 30.4 Å². The molecule has 0 aromatic carbocycles. The first kappa shape index (κ1) is 8.51. The minimum absolute atomic E-state index is 0.600. The molecule has 7 nitrogen and oxygen atoms in total. The van der Waals surface area contributed by atoms with Crippen molar-refractivity contribution in [3.63, 3.8) is 0 Å². The lowest BCUT2D eigenvalue weighted by atomic mass is 10.4. The van der Waals surface area contributed by atoms with Gasteiger partial charge in [-0.3, -0.25) is 5.10 Å². The van der Waals surface area contributed by atoms with Crippen molar-refractivity contribution in [2.75, 3.05) is 0 Å². The van der Waals surface area contributed by atoms with Crippen LogP contribution in [0.15, 0.2) is 6.33 Å². The molecule has 1 fully saturated rings. The van der Waals surface area contributed by atoms with E-state index in [1.54, 1.807) is 11.0 Å². The summed E-state index contributed by atoms with van der Waals surface area (Å²) in [6.45, 7) is 0.728. The van der Waals surface area contributed by atoms with Crippen LogP contribution in [0, 0.1) is 0 Å². The van der Waals surface area contributed by atoms with E-state index in [9.17, 15) is 0 Å². The largest absolute Gasteiger partial charge is 0.263 e. The second-order valence-electron chi connectivity index (χ2n) is 3.74. The topological polar surface area (TPSA) is 85.2 Å². The minimum Gasteiger partial charge on any atom is -0.263 e. The normalized spacial score (nSPS) is 15.7. The summed E-state index contributed by atoms with van der Waals surface area (Å²) in [7, 11) is 0. The van der Waals surface area contributed by atoms with E-state index in [0.29, 0.717) is 5.92 Å². The molecule has 15 heavy (non-hydrogen) atoms. The molecule has 2 aromatic rings. The quantitative estimate of drug-likeness (QED) is 0.754. The van der Waals surface area contributed by atoms with E-state index in [4.69, 9.17) is 0 Å². The van der Waals surface area contributed by atoms with Crippen LogP contribution in [-0.4, -0.2) is 35.4 Å². The van der Waals surface area contributed by atoms with Gasteiger partial charge in [0.15, 0.2) is 5.82 Å². The van der Waals surface area contributed by atoms with Crippen LogP contribution < -0.4 is 0 Å². The Kier molecular flexibility index (Phi) is 1.94. The number of aromatic nitrogens is 7. The Morgan fingerprint density at radius 1 is 1.47 bits per heavy atom. The molecule has 2 heterocycles. The molecule has 1 saturated carbocycles. The Balaban J connectivity index is 1.61. The molecule has 0 saturated heterocycles. The summed E-state index contributed by atoms with van der Waals surface area (Å²) < 4.78 is 1.68. The Bertz CT molecular complexity index is 428. The van der Waals surface area contributed by atoms with Gasteiger partial charge in [0.1, 0.15) is 12.2 Å². The SMILES string of the molecule is c1nnnn1CCc1nc(C2CC2)n[nH]1. The van der Waals surface area contributed by atoms with Crippen molar-refractivity contribution in [1.29, 1.82) is 0 Å². The van der Waals surface area contributed by atoms with Gasteiger partial charge in [-0.15, -0.1) is 5.10 Å². The number of aryl methyl sites for hydroxylation is 2. The van der Waals surface area contributed by atoms with Gasteiger partial charge in [0.25, 0.3) is 0 Å². The third-order valence-electron chi connectivity index (χ3n) is 2.46. The van der Waals surface area contributed by atoms with E-state index in [1.165, 1.54) is 12.8 Å². The van der Waals surface area contributed by atoms with Gasteiger partial charge in [0, 0.05) is 12.3 Å². The average molecular weight is 205 g/mol. The summed E-state index contributed by atoms with van der Waals surface area (Å²) in [4.78, 5) is 4.42. The lowest BCUT2D eigenvalue weighted by Gasteiger charge is -1.94. The molecule has 1 N–H and O–H groups in total. The summed E-state index contributed by atoms with van der Waals surface area (Å²) in [6.07, 6.45) is 4.83. The smallest absolute Gasteiger partial charge is 0.153 e. The van der Waals surface area contributed by atoms with Crippen LogP contribution in [0.4, 0.5) is 0 Å². The minimum atomic E-state index is 0.600. The molecule has 0 spiro atoms. The molecule has 0 bridgehead atoms. The number of nitrogens with one attached hydrogen (secondary N) is 1. The van der Waals surface area contributed by atoms with Gasteiger partial charge in [0.05, 0.1) is 6.54 Å². The fraction of sp³-hybridized carbons (Fsp3) is 0.625. The maximum atomic E-state index is 4.42. The maximum Gasteiger partial charge on any atom is 0.153 e. The number of hydrogen-bond acceptors (Lipinski definition) is 5. The molecule has 2 aromatic heterocycles. The molecule has 1 aliphatic carbocycles. The molecule has 0 aliphatic heterocycles. The standard InChI is InChI=1S/C8H11N7/c1-2-6(1)8-10-7(11-12-8)3-4-15-5-9-13-14-15/h5-6H,1-4H2,(H,10,11,12). The van der Waals surface area contributed by atoms with Crippen molar-refractivity contribution in [3.05, 3.63) is 18.0 Å². The van der Waals surface area contributed by atoms with Crippen LogP contribution >= 0.6 is 0 Å². The van der Waals surface area contributed by atoms with E-state index >= 15 is 0 Å². The zero-order valence-corrected chi connectivity index (χ0v) is 8.17. The number of hydrogen-bond donors (Lipinski definition) is 1. The van der Waals surface area contributed by atoms with Gasteiger partial charge < -0.3 is 0 Å². The first-order valence-electron chi connectivity index (χ1n) is 5.04. The Hall–Kier alpha value is -1.79. The third-order valence-corrected chi connectivity index (χ3v) is 2.46. The molecule has 7 heteroatoms. The predicted molar refractivity (Wildman–Crippen MR) is 49.9 cm³/mol. The fourth-order valence-electron chi connectivity index (χ4n) is 1.45. The number of rotatable bonds is 4. The molecule has 0 atom stereocenters. The second kappa shape index (κ2) is 3.41. The molecule has 0 radical (unpaired) electrons. The highest BCUT2D eigenvalue weighted by Crippen LogP contribution is 2.37. The van der Waals surface area contributed by atoms with Gasteiger partial charge >= 0.3 is 0 Å². The number of nitrogens with zero attached hydrogens (tertiary/aromatic N) is 6. The lowest BCUT2D eigenvalue weighted by Crippen LogP contribution is -2.03. The van der Waals surface area contributed by atoms with Crippen molar-refractivity contribution >= 4 is 0 Å². The van der Waals surface area contributed by atoms with Crippen molar-refractivity contribution in [1.82, 2.24) is 35.4 Å². The molecule has 3 rings (SSSR count). The van der Waals surface area contributed by atoms with Crippen molar-refractivity contribution in [2.45, 2.75) is 31.7 Å². The van der Waals surface area contributed by atoms with Crippen LogP contribution in [0.5, 0.6) is 0 Å². The molecular weight excluding hydrogens is 194 g/mol. The van der Waals surface area contributed by atoms with Crippen molar-refractivity contribution in [3.8, 4) is 0 Å². The predicted octanol–water partition coefficient (Wildman–Crippen LogP) is -0.0887. The highest BCUT2D eigenvalue weighted by molar-refractivity contribution is 5.04. The van der Waals surface area contributed by atoms with Gasteiger partial charge in [0.2, 0.25) is 0 Å². The second-order valence-corrected chi connectivity index (χ2v) is 3.74. The zero-order chi connectivity index (χ0) is 10.1. The highest BCUT2D eigenvalue weighted by atomic mass is 15.5. The summed E-state index contributed by atoms with van der Waals surface area (Å²) >= 11 is 0. The molecule has 1 aliphatic rings. The fourth-order valence-corrected chi connectivity index (χ4v) is 1.45. The van der Waals surface area contributed by atoms with Crippen LogP contribution in [0.25, 0.3) is 0 Å². The summed E-state index contributed by atoms with van der Waals surface area (Å²) in [5.41, 5.74) is 0. The number of tetrazole rings is 1. The summed E-state index contributed by atoms with van der Waals surface area (Å²) in [6, 6.07) is 0. The van der Waals surface area contributed by atoms with Crippen molar-refractivity contribution < 1.29 is 0 Å². The molecular formula is C8H11N7. The van der Waals surface area contributed by atoms with Crippen molar-refractivity contribution in [2.24, 2.45) is 0 Å². The maximum absolute atomic E-state index is 4.42. The van der Waals surface area contributed by atoms with E-state index in [1.807, 2.05) is 0 Å². The van der Waals surface area contributed by atoms with Gasteiger partial charge in [-0.1, -0.05) is 0 Å². The van der Waals surface area contributed by atoms with Crippen LogP contribution in [-0.2, 0) is 13.0 Å². The zero-order valence-electron chi connectivity index (χ0n) is 8.17. The monoisotopic (exact) mass is 205 g/mol. The molecule has 78 valence electrons. The Morgan fingerprint density at radius 2 is 2.40 bits per heavy atom. The first-order valence-corrected chi connectivity index (χ1v) is 5.04. The summed E-state index contributed by atoms with van der Waals surface area (Å²) in [5.74, 6) is 2.47. The number of aromatic amines is 1. The number of H-pyrrole nitrogens is 1.